The average molecular weight is 295 g/mol. The molecule has 0 saturated heterocycles. The molecular formula is C12H4ClF5O. The van der Waals surface area contributed by atoms with Crippen LogP contribution in [0.25, 0.3) is 11.1 Å². The highest BCUT2D eigenvalue weighted by molar-refractivity contribution is 6.33. The minimum atomic E-state index is -2.25. The predicted molar refractivity (Wildman–Crippen MR) is 58.3 cm³/mol. The number of hydrogen-bond donors (Lipinski definition) is 1. The fourth-order valence-corrected chi connectivity index (χ4v) is 1.76. The molecule has 0 fully saturated rings. The molecule has 2 aromatic carbocycles. The van der Waals surface area contributed by atoms with Crippen LogP contribution in [0.1, 0.15) is 0 Å². The Morgan fingerprint density at radius 3 is 1.79 bits per heavy atom. The lowest BCUT2D eigenvalue weighted by Gasteiger charge is -2.10. The van der Waals surface area contributed by atoms with Crippen LogP contribution in [0.4, 0.5) is 22.0 Å². The first-order valence-corrected chi connectivity index (χ1v) is 5.22. The van der Waals surface area contributed by atoms with Crippen LogP contribution in [0.3, 0.4) is 0 Å². The van der Waals surface area contributed by atoms with E-state index in [2.05, 4.69) is 0 Å². The summed E-state index contributed by atoms with van der Waals surface area (Å²) >= 11 is 5.64. The molecule has 0 aliphatic rings. The first kappa shape index (κ1) is 13.6. The van der Waals surface area contributed by atoms with E-state index in [0.29, 0.717) is 0 Å². The smallest absolute Gasteiger partial charge is 0.200 e. The van der Waals surface area contributed by atoms with Crippen LogP contribution in [0.5, 0.6) is 5.75 Å². The van der Waals surface area contributed by atoms with Gasteiger partial charge in [-0.3, -0.25) is 0 Å². The van der Waals surface area contributed by atoms with Crippen molar-refractivity contribution in [2.45, 2.75) is 0 Å². The fourth-order valence-electron chi connectivity index (χ4n) is 1.55. The third kappa shape index (κ3) is 2.12. The van der Waals surface area contributed by atoms with E-state index in [1.165, 1.54) is 0 Å². The second-order valence-electron chi connectivity index (χ2n) is 3.61. The Morgan fingerprint density at radius 1 is 0.789 bits per heavy atom. The standard InChI is InChI=1S/C12H4ClF5O/c13-6-2-1-4(19)3-5(6)7-8(14)10(16)12(18)11(17)9(7)15/h1-3,19H. The molecule has 0 unspecified atom stereocenters. The van der Waals surface area contributed by atoms with Crippen LogP contribution in [0.2, 0.25) is 5.02 Å². The van der Waals surface area contributed by atoms with Crippen LogP contribution in [0.15, 0.2) is 18.2 Å². The van der Waals surface area contributed by atoms with E-state index in [1.54, 1.807) is 0 Å². The summed E-state index contributed by atoms with van der Waals surface area (Å²) in [6, 6.07) is 2.99. The van der Waals surface area contributed by atoms with Gasteiger partial charge < -0.3 is 5.11 Å². The second-order valence-corrected chi connectivity index (χ2v) is 4.02. The van der Waals surface area contributed by atoms with E-state index in [9.17, 15) is 27.1 Å². The zero-order valence-corrected chi connectivity index (χ0v) is 9.70. The number of rotatable bonds is 1. The topological polar surface area (TPSA) is 20.2 Å². The monoisotopic (exact) mass is 294 g/mol. The van der Waals surface area contributed by atoms with Crippen molar-refractivity contribution in [3.63, 3.8) is 0 Å². The first-order valence-electron chi connectivity index (χ1n) is 4.85. The highest BCUT2D eigenvalue weighted by Crippen LogP contribution is 2.37. The van der Waals surface area contributed by atoms with Gasteiger partial charge in [-0.2, -0.15) is 0 Å². The van der Waals surface area contributed by atoms with E-state index in [-0.39, 0.29) is 5.02 Å². The molecule has 7 heteroatoms. The molecule has 1 N–H and O–H groups in total. The van der Waals surface area contributed by atoms with Crippen molar-refractivity contribution in [2.75, 3.05) is 0 Å². The second kappa shape index (κ2) is 4.70. The lowest BCUT2D eigenvalue weighted by atomic mass is 10.0. The van der Waals surface area contributed by atoms with Gasteiger partial charge in [0.2, 0.25) is 5.82 Å². The minimum absolute atomic E-state index is 0.263. The van der Waals surface area contributed by atoms with Gasteiger partial charge in [0.25, 0.3) is 0 Å². The van der Waals surface area contributed by atoms with Gasteiger partial charge in [0.15, 0.2) is 23.3 Å². The third-order valence-electron chi connectivity index (χ3n) is 2.43. The van der Waals surface area contributed by atoms with E-state index in [1.807, 2.05) is 0 Å². The maximum absolute atomic E-state index is 13.5. The molecule has 19 heavy (non-hydrogen) atoms. The Morgan fingerprint density at radius 2 is 1.26 bits per heavy atom. The lowest BCUT2D eigenvalue weighted by molar-refractivity contribution is 0.381. The molecule has 0 amide bonds. The molecule has 100 valence electrons. The van der Waals surface area contributed by atoms with Gasteiger partial charge in [-0.05, 0) is 18.2 Å². The molecule has 0 saturated carbocycles. The van der Waals surface area contributed by atoms with Gasteiger partial charge in [-0.25, -0.2) is 22.0 Å². The Kier molecular flexibility index (Phi) is 3.36. The van der Waals surface area contributed by atoms with Gasteiger partial charge in [-0.1, -0.05) is 11.6 Å². The van der Waals surface area contributed by atoms with Crippen molar-refractivity contribution in [3.05, 3.63) is 52.3 Å². The van der Waals surface area contributed by atoms with Crippen LogP contribution in [0, 0.1) is 29.1 Å². The van der Waals surface area contributed by atoms with Crippen molar-refractivity contribution in [3.8, 4) is 16.9 Å². The summed E-state index contributed by atoms with van der Waals surface area (Å²) in [5.74, 6) is -10.9. The number of aromatic hydroxyl groups is 1. The molecule has 2 rings (SSSR count). The fraction of sp³-hybridized carbons (Fsp3) is 0. The summed E-state index contributed by atoms with van der Waals surface area (Å²) in [6.45, 7) is 0. The average Bonchev–Trinajstić information content (AvgIpc) is 2.38. The van der Waals surface area contributed by atoms with Gasteiger partial charge in [0, 0.05) is 10.6 Å². The third-order valence-corrected chi connectivity index (χ3v) is 2.76. The van der Waals surface area contributed by atoms with Crippen molar-refractivity contribution < 1.29 is 27.1 Å². The summed E-state index contributed by atoms with van der Waals surface area (Å²) in [5.41, 5.74) is -1.67. The van der Waals surface area contributed by atoms with E-state index in [4.69, 9.17) is 11.6 Å². The van der Waals surface area contributed by atoms with Crippen molar-refractivity contribution in [1.29, 1.82) is 0 Å². The summed E-state index contributed by atoms with van der Waals surface area (Å²) < 4.78 is 66.1. The minimum Gasteiger partial charge on any atom is -0.508 e. The van der Waals surface area contributed by atoms with Crippen molar-refractivity contribution in [1.82, 2.24) is 0 Å². The highest BCUT2D eigenvalue weighted by Gasteiger charge is 2.27. The van der Waals surface area contributed by atoms with Gasteiger partial charge in [-0.15, -0.1) is 0 Å². The number of benzene rings is 2. The van der Waals surface area contributed by atoms with Crippen LogP contribution < -0.4 is 0 Å². The SMILES string of the molecule is Oc1ccc(Cl)c(-c2c(F)c(F)c(F)c(F)c2F)c1. The summed E-state index contributed by atoms with van der Waals surface area (Å²) in [5, 5.41) is 8.95. The molecule has 0 aromatic heterocycles. The Hall–Kier alpha value is -1.82. The highest BCUT2D eigenvalue weighted by atomic mass is 35.5. The number of hydrogen-bond acceptors (Lipinski definition) is 1. The molecule has 2 aromatic rings. The first-order chi connectivity index (χ1) is 8.84. The van der Waals surface area contributed by atoms with Crippen molar-refractivity contribution >= 4 is 11.6 Å². The zero-order valence-electron chi connectivity index (χ0n) is 8.95. The number of halogens is 6. The maximum Gasteiger partial charge on any atom is 0.200 e. The van der Waals surface area contributed by atoms with Crippen molar-refractivity contribution in [2.24, 2.45) is 0 Å². The zero-order chi connectivity index (χ0) is 14.3. The molecule has 0 aliphatic heterocycles. The van der Waals surface area contributed by atoms with E-state index >= 15 is 0 Å². The van der Waals surface area contributed by atoms with Crippen LogP contribution in [-0.4, -0.2) is 5.11 Å². The molecule has 0 atom stereocenters. The summed E-state index contributed by atoms with van der Waals surface area (Å²) in [4.78, 5) is 0. The Bertz CT molecular complexity index is 643. The molecule has 0 bridgehead atoms. The normalized spacial score (nSPS) is 10.8. The molecule has 0 aliphatic carbocycles. The molecule has 0 radical (unpaired) electrons. The van der Waals surface area contributed by atoms with Gasteiger partial charge in [0.1, 0.15) is 5.75 Å². The van der Waals surface area contributed by atoms with Crippen LogP contribution in [-0.2, 0) is 0 Å². The molecular weight excluding hydrogens is 291 g/mol. The quantitative estimate of drug-likeness (QED) is 0.469. The van der Waals surface area contributed by atoms with Crippen LogP contribution >= 0.6 is 11.6 Å². The Labute approximate surface area is 108 Å². The Balaban J connectivity index is 2.87. The molecule has 0 spiro atoms. The number of phenolic OH excluding ortho intramolecular Hbond substituents is 1. The summed E-state index contributed by atoms with van der Waals surface area (Å²) in [7, 11) is 0. The molecule has 0 heterocycles. The largest absolute Gasteiger partial charge is 0.508 e. The summed E-state index contributed by atoms with van der Waals surface area (Å²) in [6.07, 6.45) is 0. The van der Waals surface area contributed by atoms with Gasteiger partial charge in [0.05, 0.1) is 5.56 Å². The van der Waals surface area contributed by atoms with E-state index in [0.717, 1.165) is 18.2 Å². The lowest BCUT2D eigenvalue weighted by Crippen LogP contribution is -2.04. The number of phenols is 1. The maximum atomic E-state index is 13.5. The molecule has 1 nitrogen and oxygen atoms in total. The van der Waals surface area contributed by atoms with E-state index < -0.39 is 46.0 Å². The predicted octanol–water partition coefficient (Wildman–Crippen LogP) is 4.41. The van der Waals surface area contributed by atoms with Gasteiger partial charge >= 0.3 is 0 Å².